The number of aliphatic hydroxyl groups is 1. The van der Waals surface area contributed by atoms with E-state index in [4.69, 9.17) is 9.84 Å². The minimum absolute atomic E-state index is 0.182. The summed E-state index contributed by atoms with van der Waals surface area (Å²) in [6, 6.07) is 9.79. The van der Waals surface area contributed by atoms with Crippen molar-refractivity contribution in [3.8, 4) is 0 Å². The average molecular weight is 263 g/mol. The Hall–Kier alpha value is -1.55. The zero-order chi connectivity index (χ0) is 13.7. The minimum Gasteiger partial charge on any atom is -0.441 e. The minimum atomic E-state index is -0.203. The van der Waals surface area contributed by atoms with Gasteiger partial charge in [0.2, 0.25) is 0 Å². The Kier molecular flexibility index (Phi) is 4.43. The van der Waals surface area contributed by atoms with Crippen LogP contribution in [-0.4, -0.2) is 30.5 Å². The van der Waals surface area contributed by atoms with Crippen LogP contribution in [0.15, 0.2) is 30.3 Å². The summed E-state index contributed by atoms with van der Waals surface area (Å²) in [6.45, 7) is 0.718. The Balaban J connectivity index is 0.000000637. The molecule has 0 bridgehead atoms. The third-order valence-electron chi connectivity index (χ3n) is 3.80. The third-order valence-corrected chi connectivity index (χ3v) is 3.80. The second-order valence-corrected chi connectivity index (χ2v) is 5.03. The molecule has 1 aromatic carbocycles. The first-order valence-electron chi connectivity index (χ1n) is 6.79. The lowest BCUT2D eigenvalue weighted by atomic mass is 9.85. The van der Waals surface area contributed by atoms with Crippen molar-refractivity contribution in [1.82, 2.24) is 0 Å². The van der Waals surface area contributed by atoms with Crippen LogP contribution in [0.25, 0.3) is 0 Å². The van der Waals surface area contributed by atoms with Gasteiger partial charge in [-0.1, -0.05) is 24.6 Å². The topological polar surface area (TPSA) is 49.8 Å². The number of para-hydroxylation sites is 1. The van der Waals surface area contributed by atoms with Crippen LogP contribution in [0.2, 0.25) is 0 Å². The maximum Gasteiger partial charge on any atom is 0.415 e. The van der Waals surface area contributed by atoms with Crippen LogP contribution in [0, 0.1) is 0 Å². The molecule has 0 unspecified atom stereocenters. The van der Waals surface area contributed by atoms with Gasteiger partial charge in [0.05, 0.1) is 6.54 Å². The SMILES string of the molecule is CO.O=C1OC2(CCCCC2)CN1c1ccccc1. The fourth-order valence-corrected chi connectivity index (χ4v) is 2.89. The molecule has 3 rings (SSSR count). The molecule has 2 fully saturated rings. The Morgan fingerprint density at radius 2 is 1.74 bits per heavy atom. The molecule has 2 aliphatic rings. The highest BCUT2D eigenvalue weighted by Crippen LogP contribution is 2.38. The van der Waals surface area contributed by atoms with Gasteiger partial charge in [0.25, 0.3) is 0 Å². The lowest BCUT2D eigenvalue weighted by molar-refractivity contribution is 0.0260. The monoisotopic (exact) mass is 263 g/mol. The molecule has 1 aromatic rings. The van der Waals surface area contributed by atoms with Gasteiger partial charge >= 0.3 is 6.09 Å². The molecule has 4 heteroatoms. The van der Waals surface area contributed by atoms with Crippen LogP contribution in [0.4, 0.5) is 10.5 Å². The van der Waals surface area contributed by atoms with Crippen molar-refractivity contribution >= 4 is 11.8 Å². The molecule has 4 nitrogen and oxygen atoms in total. The van der Waals surface area contributed by atoms with E-state index in [1.165, 1.54) is 19.3 Å². The predicted octanol–water partition coefficient (Wildman–Crippen LogP) is 2.95. The van der Waals surface area contributed by atoms with E-state index < -0.39 is 0 Å². The molecule has 1 saturated heterocycles. The number of ether oxygens (including phenoxy) is 1. The van der Waals surface area contributed by atoms with Crippen molar-refractivity contribution in [3.05, 3.63) is 30.3 Å². The molecular formula is C15H21NO3. The van der Waals surface area contributed by atoms with Gasteiger partial charge in [-0.15, -0.1) is 0 Å². The molecule has 1 N–H and O–H groups in total. The van der Waals surface area contributed by atoms with Crippen molar-refractivity contribution in [2.75, 3.05) is 18.6 Å². The number of carbonyl (C=O) groups is 1. The van der Waals surface area contributed by atoms with Crippen LogP contribution in [-0.2, 0) is 4.74 Å². The van der Waals surface area contributed by atoms with Crippen molar-refractivity contribution in [2.24, 2.45) is 0 Å². The van der Waals surface area contributed by atoms with Crippen molar-refractivity contribution in [3.63, 3.8) is 0 Å². The molecule has 1 aliphatic heterocycles. The molecule has 1 aliphatic carbocycles. The smallest absolute Gasteiger partial charge is 0.415 e. The van der Waals surface area contributed by atoms with Crippen LogP contribution in [0.5, 0.6) is 0 Å². The Morgan fingerprint density at radius 1 is 1.11 bits per heavy atom. The van der Waals surface area contributed by atoms with E-state index in [1.54, 1.807) is 4.90 Å². The van der Waals surface area contributed by atoms with E-state index in [2.05, 4.69) is 0 Å². The lowest BCUT2D eigenvalue weighted by Crippen LogP contribution is -2.36. The van der Waals surface area contributed by atoms with Crippen LogP contribution >= 0.6 is 0 Å². The van der Waals surface area contributed by atoms with Crippen molar-refractivity contribution < 1.29 is 14.6 Å². The fourth-order valence-electron chi connectivity index (χ4n) is 2.89. The van der Waals surface area contributed by atoms with Gasteiger partial charge in [-0.3, -0.25) is 4.90 Å². The molecule has 104 valence electrons. The largest absolute Gasteiger partial charge is 0.441 e. The highest BCUT2D eigenvalue weighted by molar-refractivity contribution is 5.90. The second kappa shape index (κ2) is 6.06. The quantitative estimate of drug-likeness (QED) is 0.847. The molecule has 0 aromatic heterocycles. The standard InChI is InChI=1S/C14H17NO2.CH4O/c16-13-15(12-7-3-1-4-8-12)11-14(17-13)9-5-2-6-10-14;1-2/h1,3-4,7-8H,2,5-6,9-11H2;2H,1H3. The Labute approximate surface area is 114 Å². The first-order valence-corrected chi connectivity index (χ1v) is 6.79. The summed E-state index contributed by atoms with van der Waals surface area (Å²) in [4.78, 5) is 13.7. The number of aliphatic hydroxyl groups excluding tert-OH is 1. The molecular weight excluding hydrogens is 242 g/mol. The second-order valence-electron chi connectivity index (χ2n) is 5.03. The summed E-state index contributed by atoms with van der Waals surface area (Å²) in [6.07, 6.45) is 5.47. The van der Waals surface area contributed by atoms with Crippen molar-refractivity contribution in [1.29, 1.82) is 0 Å². The maximum atomic E-state index is 12.0. The van der Waals surface area contributed by atoms with E-state index in [1.807, 2.05) is 30.3 Å². The number of benzene rings is 1. The van der Waals surface area contributed by atoms with E-state index >= 15 is 0 Å². The molecule has 0 atom stereocenters. The van der Waals surface area contributed by atoms with Crippen molar-refractivity contribution in [2.45, 2.75) is 37.7 Å². The van der Waals surface area contributed by atoms with E-state index in [9.17, 15) is 4.79 Å². The van der Waals surface area contributed by atoms with Crippen LogP contribution in [0.3, 0.4) is 0 Å². The Bertz CT molecular complexity index is 413. The molecule has 19 heavy (non-hydrogen) atoms. The van der Waals surface area contributed by atoms with Gasteiger partial charge in [-0.05, 0) is 37.8 Å². The number of hydrogen-bond acceptors (Lipinski definition) is 3. The van der Waals surface area contributed by atoms with E-state index in [-0.39, 0.29) is 11.7 Å². The van der Waals surface area contributed by atoms with Gasteiger partial charge in [0, 0.05) is 12.8 Å². The molecule has 1 amide bonds. The number of anilines is 1. The fraction of sp³-hybridized carbons (Fsp3) is 0.533. The summed E-state index contributed by atoms with van der Waals surface area (Å²) < 4.78 is 5.64. The number of rotatable bonds is 1. The number of nitrogens with zero attached hydrogens (tertiary/aromatic N) is 1. The van der Waals surface area contributed by atoms with Crippen LogP contribution < -0.4 is 4.90 Å². The number of amides is 1. The van der Waals surface area contributed by atoms with Gasteiger partial charge in [-0.25, -0.2) is 4.79 Å². The normalized spacial score (nSPS) is 20.7. The summed E-state index contributed by atoms with van der Waals surface area (Å²) in [5.74, 6) is 0. The van der Waals surface area contributed by atoms with Gasteiger partial charge in [-0.2, -0.15) is 0 Å². The molecule has 0 radical (unpaired) electrons. The number of carbonyl (C=O) groups excluding carboxylic acids is 1. The first-order chi connectivity index (χ1) is 9.29. The third kappa shape index (κ3) is 2.89. The van der Waals surface area contributed by atoms with E-state index in [0.717, 1.165) is 32.2 Å². The van der Waals surface area contributed by atoms with Gasteiger partial charge < -0.3 is 9.84 Å². The molecule has 1 heterocycles. The number of hydrogen-bond donors (Lipinski definition) is 1. The Morgan fingerprint density at radius 3 is 2.37 bits per heavy atom. The van der Waals surface area contributed by atoms with E-state index in [0.29, 0.717) is 0 Å². The first kappa shape index (κ1) is 13.9. The summed E-state index contributed by atoms with van der Waals surface area (Å²) >= 11 is 0. The highest BCUT2D eigenvalue weighted by atomic mass is 16.6. The van der Waals surface area contributed by atoms with Crippen LogP contribution in [0.1, 0.15) is 32.1 Å². The summed E-state index contributed by atoms with van der Waals surface area (Å²) in [5, 5.41) is 7.00. The summed E-state index contributed by atoms with van der Waals surface area (Å²) in [7, 11) is 1.00. The zero-order valence-corrected chi connectivity index (χ0v) is 11.3. The van der Waals surface area contributed by atoms with Gasteiger partial charge in [0.1, 0.15) is 5.60 Å². The predicted molar refractivity (Wildman–Crippen MR) is 74.2 cm³/mol. The average Bonchev–Trinajstić information content (AvgIpc) is 2.79. The zero-order valence-electron chi connectivity index (χ0n) is 11.3. The highest BCUT2D eigenvalue weighted by Gasteiger charge is 2.45. The molecule has 1 spiro atoms. The van der Waals surface area contributed by atoms with Gasteiger partial charge in [0.15, 0.2) is 0 Å². The lowest BCUT2D eigenvalue weighted by Gasteiger charge is -2.30. The maximum absolute atomic E-state index is 12.0. The summed E-state index contributed by atoms with van der Waals surface area (Å²) in [5.41, 5.74) is 0.741. The molecule has 1 saturated carbocycles.